The van der Waals surface area contributed by atoms with Gasteiger partial charge in [-0.25, -0.2) is 0 Å². The van der Waals surface area contributed by atoms with Gasteiger partial charge in [-0.1, -0.05) is 0 Å². The molecule has 0 amide bonds. The zero-order valence-corrected chi connectivity index (χ0v) is 8.05. The van der Waals surface area contributed by atoms with Gasteiger partial charge >= 0.3 is 5.97 Å². The first kappa shape index (κ1) is 9.00. The van der Waals surface area contributed by atoms with Gasteiger partial charge in [-0.05, 0) is 38.5 Å². The minimum atomic E-state index is -0.678. The highest BCUT2D eigenvalue weighted by Gasteiger charge is 2.45. The predicted octanol–water partition coefficient (Wildman–Crippen LogP) is 1.38. The Bertz CT molecular complexity index is 221. The van der Waals surface area contributed by atoms with E-state index in [4.69, 9.17) is 5.11 Å². The summed E-state index contributed by atoms with van der Waals surface area (Å²) in [6, 6.07) is 0.602. The van der Waals surface area contributed by atoms with E-state index in [0.29, 0.717) is 12.0 Å². The van der Waals surface area contributed by atoms with Crippen LogP contribution in [0.15, 0.2) is 0 Å². The molecule has 0 aliphatic heterocycles. The zero-order valence-electron chi connectivity index (χ0n) is 8.05. The molecule has 0 spiro atoms. The third kappa shape index (κ3) is 2.21. The highest BCUT2D eigenvalue weighted by Crippen LogP contribution is 2.43. The van der Waals surface area contributed by atoms with Crippen LogP contribution in [0, 0.1) is 5.92 Å². The van der Waals surface area contributed by atoms with E-state index < -0.39 is 5.97 Å². The van der Waals surface area contributed by atoms with Gasteiger partial charge < -0.3 is 10.4 Å². The Morgan fingerprint density at radius 2 is 2.08 bits per heavy atom. The molecule has 1 atom stereocenters. The third-order valence-corrected chi connectivity index (χ3v) is 3.11. The minimum absolute atomic E-state index is 0.132. The fraction of sp³-hybridized carbons (Fsp3) is 0.900. The summed E-state index contributed by atoms with van der Waals surface area (Å²) in [6.07, 6.45) is 5.12. The SMILES string of the molecule is CC(CC(=O)O)(NC1CC1)C1CC1. The molecule has 2 fully saturated rings. The van der Waals surface area contributed by atoms with Crippen LogP contribution in [0.1, 0.15) is 39.0 Å². The van der Waals surface area contributed by atoms with E-state index in [-0.39, 0.29) is 12.0 Å². The molecule has 0 aromatic rings. The third-order valence-electron chi connectivity index (χ3n) is 3.11. The molecular weight excluding hydrogens is 166 g/mol. The van der Waals surface area contributed by atoms with E-state index in [1.165, 1.54) is 25.7 Å². The Labute approximate surface area is 78.5 Å². The Morgan fingerprint density at radius 3 is 2.46 bits per heavy atom. The Kier molecular flexibility index (Phi) is 2.06. The van der Waals surface area contributed by atoms with Gasteiger partial charge in [0.15, 0.2) is 0 Å². The molecule has 74 valence electrons. The molecule has 0 bridgehead atoms. The second-order valence-electron chi connectivity index (χ2n) is 4.68. The van der Waals surface area contributed by atoms with Crippen molar-refractivity contribution in [3.05, 3.63) is 0 Å². The predicted molar refractivity (Wildman–Crippen MR) is 49.5 cm³/mol. The zero-order chi connectivity index (χ0) is 9.47. The monoisotopic (exact) mass is 183 g/mol. The van der Waals surface area contributed by atoms with Crippen molar-refractivity contribution >= 4 is 5.97 Å². The van der Waals surface area contributed by atoms with Crippen molar-refractivity contribution in [2.45, 2.75) is 50.6 Å². The maximum atomic E-state index is 10.7. The van der Waals surface area contributed by atoms with Crippen molar-refractivity contribution in [3.63, 3.8) is 0 Å². The van der Waals surface area contributed by atoms with Gasteiger partial charge in [-0.15, -0.1) is 0 Å². The lowest BCUT2D eigenvalue weighted by Gasteiger charge is -2.29. The number of aliphatic carboxylic acids is 1. The van der Waals surface area contributed by atoms with E-state index in [1.54, 1.807) is 0 Å². The molecule has 0 saturated heterocycles. The molecule has 0 aromatic carbocycles. The van der Waals surface area contributed by atoms with E-state index in [2.05, 4.69) is 12.2 Å². The summed E-state index contributed by atoms with van der Waals surface area (Å²) in [5, 5.41) is 12.3. The highest BCUT2D eigenvalue weighted by atomic mass is 16.4. The maximum absolute atomic E-state index is 10.7. The number of rotatable bonds is 5. The Hall–Kier alpha value is -0.570. The fourth-order valence-corrected chi connectivity index (χ4v) is 2.04. The molecule has 2 N–H and O–H groups in total. The molecule has 1 unspecified atom stereocenters. The number of nitrogens with one attached hydrogen (secondary N) is 1. The largest absolute Gasteiger partial charge is 0.481 e. The van der Waals surface area contributed by atoms with Crippen LogP contribution in [-0.2, 0) is 4.79 Å². The van der Waals surface area contributed by atoms with Crippen molar-refractivity contribution in [1.29, 1.82) is 0 Å². The normalized spacial score (nSPS) is 26.8. The summed E-state index contributed by atoms with van der Waals surface area (Å²) in [7, 11) is 0. The van der Waals surface area contributed by atoms with Crippen LogP contribution in [0.3, 0.4) is 0 Å². The van der Waals surface area contributed by atoms with Crippen LogP contribution in [0.2, 0.25) is 0 Å². The molecule has 2 saturated carbocycles. The number of carbonyl (C=O) groups is 1. The number of carboxylic acids is 1. The summed E-state index contributed by atoms with van der Waals surface area (Å²) < 4.78 is 0. The van der Waals surface area contributed by atoms with Crippen LogP contribution in [0.4, 0.5) is 0 Å². The summed E-state index contributed by atoms with van der Waals surface area (Å²) >= 11 is 0. The summed E-state index contributed by atoms with van der Waals surface area (Å²) in [4.78, 5) is 10.7. The average molecular weight is 183 g/mol. The molecule has 13 heavy (non-hydrogen) atoms. The standard InChI is InChI=1S/C10H17NO2/c1-10(6-9(12)13,7-2-3-7)11-8-4-5-8/h7-8,11H,2-6H2,1H3,(H,12,13). The lowest BCUT2D eigenvalue weighted by molar-refractivity contribution is -0.138. The first-order valence-electron chi connectivity index (χ1n) is 5.10. The van der Waals surface area contributed by atoms with Crippen molar-refractivity contribution in [3.8, 4) is 0 Å². The molecule has 0 aromatic heterocycles. The van der Waals surface area contributed by atoms with Gasteiger partial charge in [0.1, 0.15) is 0 Å². The van der Waals surface area contributed by atoms with Crippen LogP contribution in [-0.4, -0.2) is 22.7 Å². The van der Waals surface area contributed by atoms with Crippen molar-refractivity contribution < 1.29 is 9.90 Å². The maximum Gasteiger partial charge on any atom is 0.305 e. The molecule has 2 aliphatic rings. The molecule has 2 rings (SSSR count). The molecule has 3 heteroatoms. The molecule has 2 aliphatic carbocycles. The number of hydrogen-bond donors (Lipinski definition) is 2. The van der Waals surface area contributed by atoms with Crippen molar-refractivity contribution in [2.75, 3.05) is 0 Å². The van der Waals surface area contributed by atoms with Crippen LogP contribution < -0.4 is 5.32 Å². The van der Waals surface area contributed by atoms with Crippen LogP contribution in [0.25, 0.3) is 0 Å². The highest BCUT2D eigenvalue weighted by molar-refractivity contribution is 5.68. The van der Waals surface area contributed by atoms with Crippen molar-refractivity contribution in [1.82, 2.24) is 5.32 Å². The second-order valence-corrected chi connectivity index (χ2v) is 4.68. The lowest BCUT2D eigenvalue weighted by Crippen LogP contribution is -2.47. The van der Waals surface area contributed by atoms with Gasteiger partial charge in [0.2, 0.25) is 0 Å². The lowest BCUT2D eigenvalue weighted by atomic mass is 9.91. The average Bonchev–Trinajstić information content (AvgIpc) is 2.80. The Balaban J connectivity index is 1.95. The molecule has 3 nitrogen and oxygen atoms in total. The van der Waals surface area contributed by atoms with Gasteiger partial charge in [-0.2, -0.15) is 0 Å². The smallest absolute Gasteiger partial charge is 0.305 e. The summed E-state index contributed by atoms with van der Waals surface area (Å²) in [5.41, 5.74) is -0.132. The quantitative estimate of drug-likeness (QED) is 0.677. The van der Waals surface area contributed by atoms with Crippen molar-refractivity contribution in [2.24, 2.45) is 5.92 Å². The van der Waals surface area contributed by atoms with Crippen LogP contribution in [0.5, 0.6) is 0 Å². The molecule has 0 heterocycles. The van der Waals surface area contributed by atoms with Gasteiger partial charge in [0.05, 0.1) is 6.42 Å². The van der Waals surface area contributed by atoms with E-state index >= 15 is 0 Å². The fourth-order valence-electron chi connectivity index (χ4n) is 2.04. The molecule has 0 radical (unpaired) electrons. The first-order valence-corrected chi connectivity index (χ1v) is 5.10. The first-order chi connectivity index (χ1) is 6.10. The van der Waals surface area contributed by atoms with Gasteiger partial charge in [0, 0.05) is 11.6 Å². The van der Waals surface area contributed by atoms with Crippen LogP contribution >= 0.6 is 0 Å². The topological polar surface area (TPSA) is 49.3 Å². The Morgan fingerprint density at radius 1 is 1.46 bits per heavy atom. The summed E-state index contributed by atoms with van der Waals surface area (Å²) in [6.45, 7) is 2.07. The van der Waals surface area contributed by atoms with E-state index in [1.807, 2.05) is 0 Å². The van der Waals surface area contributed by atoms with Gasteiger partial charge in [0.25, 0.3) is 0 Å². The second kappa shape index (κ2) is 2.98. The van der Waals surface area contributed by atoms with Gasteiger partial charge in [-0.3, -0.25) is 4.79 Å². The minimum Gasteiger partial charge on any atom is -0.481 e. The van der Waals surface area contributed by atoms with E-state index in [9.17, 15) is 4.79 Å². The number of hydrogen-bond acceptors (Lipinski definition) is 2. The number of carboxylic acid groups (broad SMARTS) is 1. The summed E-state index contributed by atoms with van der Waals surface area (Å²) in [5.74, 6) is -0.0771. The van der Waals surface area contributed by atoms with E-state index in [0.717, 1.165) is 0 Å². The molecular formula is C10H17NO2.